The van der Waals surface area contributed by atoms with E-state index >= 15 is 0 Å². The molecule has 0 aliphatic heterocycles. The van der Waals surface area contributed by atoms with Crippen LogP contribution in [0.1, 0.15) is 5.01 Å². The summed E-state index contributed by atoms with van der Waals surface area (Å²) < 4.78 is 4.95. The molecule has 17 heavy (non-hydrogen) atoms. The number of aromatic amines is 1. The van der Waals surface area contributed by atoms with Gasteiger partial charge in [0.25, 0.3) is 0 Å². The Bertz CT molecular complexity index is 428. The molecule has 2 rings (SSSR count). The topological polar surface area (TPSA) is 75.7 Å². The molecule has 0 atom stereocenters. The third kappa shape index (κ3) is 3.58. The molecule has 0 aromatic carbocycles. The summed E-state index contributed by atoms with van der Waals surface area (Å²) in [6.45, 7) is 2.49. The Morgan fingerprint density at radius 2 is 2.35 bits per heavy atom. The van der Waals surface area contributed by atoms with Crippen molar-refractivity contribution in [3.8, 4) is 10.7 Å². The van der Waals surface area contributed by atoms with E-state index in [0.29, 0.717) is 0 Å². The molecule has 6 nitrogen and oxygen atoms in total. The molecule has 0 radical (unpaired) electrons. The fraction of sp³-hybridized carbons (Fsp3) is 0.500. The predicted octanol–water partition coefficient (Wildman–Crippen LogP) is 0.707. The molecular formula is C10H15N5OS. The van der Waals surface area contributed by atoms with E-state index in [4.69, 9.17) is 4.74 Å². The monoisotopic (exact) mass is 253 g/mol. The summed E-state index contributed by atoms with van der Waals surface area (Å²) in [6.07, 6.45) is 2.60. The minimum absolute atomic E-state index is 0.732. The first-order valence-corrected chi connectivity index (χ1v) is 6.23. The highest BCUT2D eigenvalue weighted by Crippen LogP contribution is 2.20. The van der Waals surface area contributed by atoms with Crippen molar-refractivity contribution in [2.45, 2.75) is 6.42 Å². The van der Waals surface area contributed by atoms with Gasteiger partial charge >= 0.3 is 0 Å². The van der Waals surface area contributed by atoms with E-state index in [1.807, 2.05) is 6.07 Å². The van der Waals surface area contributed by atoms with E-state index < -0.39 is 0 Å². The van der Waals surface area contributed by atoms with E-state index in [-0.39, 0.29) is 0 Å². The lowest BCUT2D eigenvalue weighted by atomic mass is 10.4. The maximum absolute atomic E-state index is 4.95. The maximum Gasteiger partial charge on any atom is 0.165 e. The van der Waals surface area contributed by atoms with Gasteiger partial charge in [0.2, 0.25) is 0 Å². The number of aromatic nitrogens is 4. The Hall–Kier alpha value is -1.31. The van der Waals surface area contributed by atoms with Crippen LogP contribution in [0.25, 0.3) is 10.7 Å². The van der Waals surface area contributed by atoms with Crippen molar-refractivity contribution in [1.29, 1.82) is 0 Å². The van der Waals surface area contributed by atoms with Gasteiger partial charge in [0.15, 0.2) is 5.01 Å². The van der Waals surface area contributed by atoms with Gasteiger partial charge in [0, 0.05) is 32.8 Å². The smallest absolute Gasteiger partial charge is 0.165 e. The van der Waals surface area contributed by atoms with Crippen molar-refractivity contribution >= 4 is 11.3 Å². The van der Waals surface area contributed by atoms with Crippen LogP contribution >= 0.6 is 11.3 Å². The fourth-order valence-corrected chi connectivity index (χ4v) is 2.15. The highest BCUT2D eigenvalue weighted by Gasteiger charge is 2.06. The van der Waals surface area contributed by atoms with Crippen LogP contribution in [0, 0.1) is 0 Å². The molecule has 0 aliphatic rings. The average molecular weight is 253 g/mol. The fourth-order valence-electron chi connectivity index (χ4n) is 1.33. The van der Waals surface area contributed by atoms with Crippen LogP contribution in [0.4, 0.5) is 0 Å². The highest BCUT2D eigenvalue weighted by atomic mass is 32.1. The Morgan fingerprint density at radius 3 is 3.12 bits per heavy atom. The van der Waals surface area contributed by atoms with E-state index in [9.17, 15) is 0 Å². The number of hydrogen-bond acceptors (Lipinski definition) is 6. The summed E-state index contributed by atoms with van der Waals surface area (Å²) in [5, 5.41) is 20.2. The lowest BCUT2D eigenvalue weighted by Crippen LogP contribution is -2.21. The van der Waals surface area contributed by atoms with Gasteiger partial charge in [-0.1, -0.05) is 11.3 Å². The second-order valence-corrected chi connectivity index (χ2v) is 4.53. The third-order valence-corrected chi connectivity index (χ3v) is 3.21. The Morgan fingerprint density at radius 1 is 1.41 bits per heavy atom. The number of H-pyrrole nitrogens is 1. The Balaban J connectivity index is 1.79. The van der Waals surface area contributed by atoms with Gasteiger partial charge in [-0.25, -0.2) is 0 Å². The minimum Gasteiger partial charge on any atom is -0.383 e. The second-order valence-electron chi connectivity index (χ2n) is 3.46. The molecule has 2 N–H and O–H groups in total. The number of hydrogen-bond donors (Lipinski definition) is 2. The number of nitrogens with one attached hydrogen (secondary N) is 2. The number of nitrogens with zero attached hydrogens (tertiary/aromatic N) is 3. The number of ether oxygens (including phenoxy) is 1. The van der Waals surface area contributed by atoms with Gasteiger partial charge in [0.1, 0.15) is 5.01 Å². The van der Waals surface area contributed by atoms with Gasteiger partial charge in [0.05, 0.1) is 12.3 Å². The van der Waals surface area contributed by atoms with Crippen molar-refractivity contribution in [3.63, 3.8) is 0 Å². The highest BCUT2D eigenvalue weighted by molar-refractivity contribution is 7.14. The zero-order chi connectivity index (χ0) is 11.9. The number of methoxy groups -OCH3 is 1. The van der Waals surface area contributed by atoms with Gasteiger partial charge in [-0.3, -0.25) is 5.10 Å². The molecule has 7 heteroatoms. The van der Waals surface area contributed by atoms with Crippen molar-refractivity contribution in [3.05, 3.63) is 17.3 Å². The van der Waals surface area contributed by atoms with Crippen LogP contribution in [0.5, 0.6) is 0 Å². The van der Waals surface area contributed by atoms with Crippen LogP contribution in [0.3, 0.4) is 0 Å². The van der Waals surface area contributed by atoms with Crippen LogP contribution in [-0.2, 0) is 11.2 Å². The lowest BCUT2D eigenvalue weighted by molar-refractivity contribution is 0.199. The normalized spacial score (nSPS) is 10.9. The third-order valence-electron chi connectivity index (χ3n) is 2.20. The molecule has 92 valence electrons. The molecule has 2 heterocycles. The molecule has 0 spiro atoms. The standard InChI is InChI=1S/C10H15N5OS/c1-16-7-6-11-4-3-9-14-15-10(17-9)8-2-5-12-13-8/h2,5,11H,3-4,6-7H2,1H3,(H,12,13). The molecule has 2 aromatic rings. The summed E-state index contributed by atoms with van der Waals surface area (Å²) >= 11 is 1.59. The van der Waals surface area contributed by atoms with Crippen LogP contribution in [0.2, 0.25) is 0 Å². The molecule has 0 bridgehead atoms. The van der Waals surface area contributed by atoms with Crippen molar-refractivity contribution in [2.75, 3.05) is 26.8 Å². The lowest BCUT2D eigenvalue weighted by Gasteiger charge is -2.00. The summed E-state index contributed by atoms with van der Waals surface area (Å²) in [4.78, 5) is 0. The minimum atomic E-state index is 0.732. The van der Waals surface area contributed by atoms with E-state index in [2.05, 4.69) is 25.7 Å². The first-order valence-electron chi connectivity index (χ1n) is 5.42. The molecule has 0 aliphatic carbocycles. The van der Waals surface area contributed by atoms with E-state index in [1.165, 1.54) is 0 Å². The molecule has 0 unspecified atom stereocenters. The molecule has 0 amide bonds. The molecule has 0 saturated carbocycles. The van der Waals surface area contributed by atoms with Gasteiger partial charge < -0.3 is 10.1 Å². The molecule has 2 aromatic heterocycles. The first kappa shape index (κ1) is 12.2. The van der Waals surface area contributed by atoms with Crippen molar-refractivity contribution in [2.24, 2.45) is 0 Å². The largest absolute Gasteiger partial charge is 0.383 e. The summed E-state index contributed by atoms with van der Waals surface area (Å²) in [5.41, 5.74) is 0.918. The van der Waals surface area contributed by atoms with Crippen molar-refractivity contribution < 1.29 is 4.74 Å². The Labute approximate surface area is 103 Å². The molecule has 0 saturated heterocycles. The summed E-state index contributed by atoms with van der Waals surface area (Å²) in [6, 6.07) is 1.89. The van der Waals surface area contributed by atoms with Crippen LogP contribution in [-0.4, -0.2) is 47.2 Å². The quantitative estimate of drug-likeness (QED) is 0.711. The van der Waals surface area contributed by atoms with Gasteiger partial charge in [-0.05, 0) is 6.07 Å². The SMILES string of the molecule is COCCNCCc1nnc(-c2ccn[nH]2)s1. The number of rotatable bonds is 7. The molecule has 0 fully saturated rings. The van der Waals surface area contributed by atoms with Gasteiger partial charge in [-0.2, -0.15) is 5.10 Å². The van der Waals surface area contributed by atoms with Crippen molar-refractivity contribution in [1.82, 2.24) is 25.7 Å². The van der Waals surface area contributed by atoms with Gasteiger partial charge in [-0.15, -0.1) is 10.2 Å². The van der Waals surface area contributed by atoms with Crippen LogP contribution in [0.15, 0.2) is 12.3 Å². The first-order chi connectivity index (χ1) is 8.40. The maximum atomic E-state index is 4.95. The predicted molar refractivity (Wildman–Crippen MR) is 65.9 cm³/mol. The van der Waals surface area contributed by atoms with E-state index in [0.717, 1.165) is 41.8 Å². The zero-order valence-electron chi connectivity index (χ0n) is 9.64. The Kier molecular flexibility index (Phi) is 4.60. The summed E-state index contributed by atoms with van der Waals surface area (Å²) in [7, 11) is 1.70. The average Bonchev–Trinajstić information content (AvgIpc) is 2.99. The summed E-state index contributed by atoms with van der Waals surface area (Å²) in [5.74, 6) is 0. The second kappa shape index (κ2) is 6.43. The molecular weight excluding hydrogens is 238 g/mol. The van der Waals surface area contributed by atoms with Crippen LogP contribution < -0.4 is 5.32 Å². The zero-order valence-corrected chi connectivity index (χ0v) is 10.5. The van der Waals surface area contributed by atoms with E-state index in [1.54, 1.807) is 24.6 Å².